The molecule has 2 N–H and O–H groups in total. The number of hydrogen-bond donors (Lipinski definition) is 2. The van der Waals surface area contributed by atoms with Crippen LogP contribution in [0.2, 0.25) is 0 Å². The molecule has 0 bridgehead atoms. The van der Waals surface area contributed by atoms with E-state index in [9.17, 15) is 9.59 Å². The highest BCUT2D eigenvalue weighted by atomic mass is 16.5. The lowest BCUT2D eigenvalue weighted by Gasteiger charge is -2.17. The summed E-state index contributed by atoms with van der Waals surface area (Å²) in [7, 11) is 4.75. The molecular formula is C12H25N3O3. The van der Waals surface area contributed by atoms with Crippen molar-refractivity contribution in [1.82, 2.24) is 15.5 Å². The van der Waals surface area contributed by atoms with Crippen LogP contribution in [0.4, 0.5) is 4.79 Å². The van der Waals surface area contributed by atoms with Crippen LogP contribution in [0, 0.1) is 0 Å². The lowest BCUT2D eigenvalue weighted by molar-refractivity contribution is -0.143. The second kappa shape index (κ2) is 9.70. The van der Waals surface area contributed by atoms with E-state index < -0.39 is 0 Å². The van der Waals surface area contributed by atoms with E-state index in [-0.39, 0.29) is 18.0 Å². The van der Waals surface area contributed by atoms with Crippen molar-refractivity contribution in [2.24, 2.45) is 0 Å². The van der Waals surface area contributed by atoms with E-state index in [1.165, 1.54) is 12.0 Å². The fourth-order valence-electron chi connectivity index (χ4n) is 1.43. The van der Waals surface area contributed by atoms with Gasteiger partial charge in [0.05, 0.1) is 7.11 Å². The maximum absolute atomic E-state index is 11.5. The van der Waals surface area contributed by atoms with E-state index in [0.29, 0.717) is 13.1 Å². The summed E-state index contributed by atoms with van der Waals surface area (Å²) in [6, 6.07) is -0.425. The van der Waals surface area contributed by atoms with Gasteiger partial charge in [0.15, 0.2) is 0 Å². The van der Waals surface area contributed by atoms with Crippen molar-refractivity contribution >= 4 is 12.0 Å². The number of methoxy groups -OCH3 is 1. The van der Waals surface area contributed by atoms with Gasteiger partial charge in [-0.3, -0.25) is 4.79 Å². The zero-order valence-corrected chi connectivity index (χ0v) is 11.8. The minimum atomic E-state index is -0.286. The van der Waals surface area contributed by atoms with Crippen LogP contribution in [-0.2, 0) is 9.53 Å². The fraction of sp³-hybridized carbons (Fsp3) is 0.833. The largest absolute Gasteiger partial charge is 0.468 e. The molecule has 0 spiro atoms. The highest BCUT2D eigenvalue weighted by molar-refractivity contribution is 5.75. The van der Waals surface area contributed by atoms with Crippen LogP contribution < -0.4 is 10.6 Å². The molecule has 0 fully saturated rings. The molecule has 2 amide bonds. The maximum Gasteiger partial charge on any atom is 0.322 e. The van der Waals surface area contributed by atoms with Crippen molar-refractivity contribution in [2.45, 2.75) is 32.2 Å². The van der Waals surface area contributed by atoms with Crippen molar-refractivity contribution in [1.29, 1.82) is 0 Å². The summed E-state index contributed by atoms with van der Waals surface area (Å²) < 4.78 is 4.73. The number of carbonyl (C=O) groups is 2. The number of hydrogen-bond acceptors (Lipinski definition) is 4. The molecular weight excluding hydrogens is 234 g/mol. The topological polar surface area (TPSA) is 70.7 Å². The monoisotopic (exact) mass is 259 g/mol. The Morgan fingerprint density at radius 2 is 1.94 bits per heavy atom. The first-order valence-electron chi connectivity index (χ1n) is 6.29. The lowest BCUT2D eigenvalue weighted by atomic mass is 10.1. The first kappa shape index (κ1) is 16.7. The van der Waals surface area contributed by atoms with Crippen LogP contribution in [0.3, 0.4) is 0 Å². The number of nitrogens with one attached hydrogen (secondary N) is 2. The summed E-state index contributed by atoms with van der Waals surface area (Å²) in [4.78, 5) is 24.2. The van der Waals surface area contributed by atoms with Gasteiger partial charge in [0.1, 0.15) is 6.04 Å². The van der Waals surface area contributed by atoms with E-state index >= 15 is 0 Å². The number of urea groups is 1. The average Bonchev–Trinajstić information content (AvgIpc) is 2.36. The molecule has 0 aromatic rings. The van der Waals surface area contributed by atoms with E-state index in [1.807, 2.05) is 0 Å². The number of amides is 2. The first-order chi connectivity index (χ1) is 8.52. The standard InChI is InChI=1S/C12H25N3O3/c1-5-6-7-10(11(16)18-4)13-8-9-14-12(17)15(2)3/h10,13H,5-9H2,1-4H3,(H,14,17). The van der Waals surface area contributed by atoms with Gasteiger partial charge < -0.3 is 20.3 Å². The van der Waals surface area contributed by atoms with Gasteiger partial charge in [-0.25, -0.2) is 4.79 Å². The summed E-state index contributed by atoms with van der Waals surface area (Å²) in [5.74, 6) is -0.248. The van der Waals surface area contributed by atoms with Crippen LogP contribution in [-0.4, -0.2) is 57.2 Å². The zero-order chi connectivity index (χ0) is 14.0. The van der Waals surface area contributed by atoms with Crippen LogP contribution in [0.25, 0.3) is 0 Å². The van der Waals surface area contributed by atoms with Crippen molar-refractivity contribution in [3.05, 3.63) is 0 Å². The molecule has 0 aromatic carbocycles. The molecule has 106 valence electrons. The molecule has 6 heteroatoms. The molecule has 1 unspecified atom stereocenters. The molecule has 18 heavy (non-hydrogen) atoms. The summed E-state index contributed by atoms with van der Waals surface area (Å²) in [6.07, 6.45) is 2.76. The van der Waals surface area contributed by atoms with Crippen molar-refractivity contribution in [2.75, 3.05) is 34.3 Å². The molecule has 0 aromatic heterocycles. The molecule has 1 atom stereocenters. The lowest BCUT2D eigenvalue weighted by Crippen LogP contribution is -2.43. The Hall–Kier alpha value is -1.30. The summed E-state index contributed by atoms with van der Waals surface area (Å²) in [6.45, 7) is 3.10. The normalized spacial score (nSPS) is 11.8. The molecule has 0 heterocycles. The quantitative estimate of drug-likeness (QED) is 0.494. The molecule has 0 saturated carbocycles. The Morgan fingerprint density at radius 3 is 2.44 bits per heavy atom. The van der Waals surface area contributed by atoms with Gasteiger partial charge in [-0.15, -0.1) is 0 Å². The van der Waals surface area contributed by atoms with Gasteiger partial charge in [0.25, 0.3) is 0 Å². The fourth-order valence-corrected chi connectivity index (χ4v) is 1.43. The highest BCUT2D eigenvalue weighted by Crippen LogP contribution is 2.01. The second-order valence-electron chi connectivity index (χ2n) is 4.30. The van der Waals surface area contributed by atoms with E-state index in [4.69, 9.17) is 4.74 Å². The van der Waals surface area contributed by atoms with Gasteiger partial charge in [-0.2, -0.15) is 0 Å². The number of nitrogens with zero attached hydrogens (tertiary/aromatic N) is 1. The van der Waals surface area contributed by atoms with E-state index in [2.05, 4.69) is 17.6 Å². The number of carbonyl (C=O) groups excluding carboxylic acids is 2. The molecule has 0 saturated heterocycles. The Kier molecular flexibility index (Phi) is 9.00. The Bertz CT molecular complexity index is 257. The van der Waals surface area contributed by atoms with E-state index in [0.717, 1.165) is 19.3 Å². The van der Waals surface area contributed by atoms with Gasteiger partial charge >= 0.3 is 12.0 Å². The first-order valence-corrected chi connectivity index (χ1v) is 6.29. The number of ether oxygens (including phenoxy) is 1. The summed E-state index contributed by atoms with van der Waals surface area (Å²) in [5, 5.41) is 5.81. The SMILES string of the molecule is CCCCC(NCCNC(=O)N(C)C)C(=O)OC. The van der Waals surface area contributed by atoms with Crippen molar-refractivity contribution < 1.29 is 14.3 Å². The van der Waals surface area contributed by atoms with Gasteiger partial charge in [0.2, 0.25) is 0 Å². The minimum Gasteiger partial charge on any atom is -0.468 e. The molecule has 0 aliphatic heterocycles. The molecule has 0 aliphatic rings. The Balaban J connectivity index is 3.89. The van der Waals surface area contributed by atoms with Crippen LogP contribution in [0.15, 0.2) is 0 Å². The molecule has 0 rings (SSSR count). The van der Waals surface area contributed by atoms with Crippen molar-refractivity contribution in [3.8, 4) is 0 Å². The third-order valence-electron chi connectivity index (χ3n) is 2.53. The molecule has 0 aliphatic carbocycles. The predicted octanol–water partition coefficient (Wildman–Crippen LogP) is 0.579. The Labute approximate surface area is 109 Å². The van der Waals surface area contributed by atoms with E-state index in [1.54, 1.807) is 14.1 Å². The summed E-state index contributed by atoms with van der Waals surface area (Å²) >= 11 is 0. The number of rotatable bonds is 8. The third-order valence-corrected chi connectivity index (χ3v) is 2.53. The zero-order valence-electron chi connectivity index (χ0n) is 11.8. The second-order valence-corrected chi connectivity index (χ2v) is 4.30. The smallest absolute Gasteiger partial charge is 0.322 e. The van der Waals surface area contributed by atoms with Crippen molar-refractivity contribution in [3.63, 3.8) is 0 Å². The molecule has 0 radical (unpaired) electrons. The molecule has 6 nitrogen and oxygen atoms in total. The van der Waals surface area contributed by atoms with Crippen LogP contribution in [0.5, 0.6) is 0 Å². The Morgan fingerprint density at radius 1 is 1.28 bits per heavy atom. The minimum absolute atomic E-state index is 0.139. The van der Waals surface area contributed by atoms with Crippen LogP contribution >= 0.6 is 0 Å². The van der Waals surface area contributed by atoms with Gasteiger partial charge in [-0.05, 0) is 6.42 Å². The third kappa shape index (κ3) is 7.11. The maximum atomic E-state index is 11.5. The van der Waals surface area contributed by atoms with Gasteiger partial charge in [0, 0.05) is 27.2 Å². The van der Waals surface area contributed by atoms with Gasteiger partial charge in [-0.1, -0.05) is 19.8 Å². The average molecular weight is 259 g/mol. The van der Waals surface area contributed by atoms with Crippen LogP contribution in [0.1, 0.15) is 26.2 Å². The number of esters is 1. The highest BCUT2D eigenvalue weighted by Gasteiger charge is 2.17. The predicted molar refractivity (Wildman–Crippen MR) is 70.4 cm³/mol. The summed E-state index contributed by atoms with van der Waals surface area (Å²) in [5.41, 5.74) is 0. The number of unbranched alkanes of at least 4 members (excludes halogenated alkanes) is 1.